The Morgan fingerprint density at radius 2 is 1.92 bits per heavy atom. The van der Waals surface area contributed by atoms with Gasteiger partial charge in [-0.2, -0.15) is 0 Å². The van der Waals surface area contributed by atoms with E-state index in [-0.39, 0.29) is 11.9 Å². The van der Waals surface area contributed by atoms with Crippen molar-refractivity contribution in [2.45, 2.75) is 76.8 Å². The highest BCUT2D eigenvalue weighted by atomic mass is 32.1. The van der Waals surface area contributed by atoms with Gasteiger partial charge in [-0.1, -0.05) is 19.1 Å². The number of hydrogen-bond donors (Lipinski definition) is 2. The lowest BCUT2D eigenvalue weighted by atomic mass is 9.83. The van der Waals surface area contributed by atoms with Crippen LogP contribution < -0.4 is 11.1 Å². The molecule has 2 aromatic heterocycles. The Kier molecular flexibility index (Phi) is 8.46. The van der Waals surface area contributed by atoms with Gasteiger partial charge >= 0.3 is 0 Å². The molecule has 0 aliphatic heterocycles. The zero-order valence-corrected chi connectivity index (χ0v) is 22.6. The minimum absolute atomic E-state index is 0.0205. The van der Waals surface area contributed by atoms with Crippen LogP contribution in [-0.4, -0.2) is 50.9 Å². The number of rotatable bonds is 9. The van der Waals surface area contributed by atoms with Crippen LogP contribution in [0.5, 0.6) is 0 Å². The molecular weight excluding hydrogens is 480 g/mol. The summed E-state index contributed by atoms with van der Waals surface area (Å²) >= 11 is 1.68. The molecule has 7 nitrogen and oxygen atoms in total. The molecule has 0 bridgehead atoms. The summed E-state index contributed by atoms with van der Waals surface area (Å²) in [6.07, 6.45) is 13.6. The van der Waals surface area contributed by atoms with Crippen molar-refractivity contribution < 1.29 is 4.79 Å². The Morgan fingerprint density at radius 3 is 2.65 bits per heavy atom. The largest absolute Gasteiger partial charge is 0.375 e. The minimum Gasteiger partial charge on any atom is -0.375 e. The van der Waals surface area contributed by atoms with Gasteiger partial charge < -0.3 is 16.0 Å². The molecule has 3 aromatic rings. The first kappa shape index (κ1) is 25.8. The SMILES string of the molecule is CCCN(CCC1CCC(NC(=O)c2ccc(-c3ccncn3)cc2)CC1)[C@H]1CCc2nc(N)sc2C1. The number of nitrogens with one attached hydrogen (secondary N) is 1. The summed E-state index contributed by atoms with van der Waals surface area (Å²) in [5.74, 6) is 0.769. The first-order chi connectivity index (χ1) is 18.1. The molecule has 2 heterocycles. The number of benzene rings is 1. The van der Waals surface area contributed by atoms with Gasteiger partial charge in [0, 0.05) is 34.3 Å². The Morgan fingerprint density at radius 1 is 1.11 bits per heavy atom. The van der Waals surface area contributed by atoms with Crippen LogP contribution in [0.25, 0.3) is 11.3 Å². The number of fused-ring (bicyclic) bond motifs is 1. The summed E-state index contributed by atoms with van der Waals surface area (Å²) in [7, 11) is 0. The van der Waals surface area contributed by atoms with E-state index in [0.717, 1.165) is 54.5 Å². The second-order valence-corrected chi connectivity index (χ2v) is 11.6. The Labute approximate surface area is 223 Å². The highest BCUT2D eigenvalue weighted by Crippen LogP contribution is 2.32. The molecule has 8 heteroatoms. The number of nitrogens with zero attached hydrogens (tertiary/aromatic N) is 4. The fourth-order valence-electron chi connectivity index (χ4n) is 5.92. The smallest absolute Gasteiger partial charge is 0.251 e. The van der Waals surface area contributed by atoms with E-state index in [9.17, 15) is 4.79 Å². The van der Waals surface area contributed by atoms with E-state index < -0.39 is 0 Å². The Hall–Kier alpha value is -2.84. The van der Waals surface area contributed by atoms with Crippen LogP contribution in [-0.2, 0) is 12.8 Å². The molecule has 0 spiro atoms. The molecule has 1 atom stereocenters. The Bertz CT molecular complexity index is 1160. The summed E-state index contributed by atoms with van der Waals surface area (Å²) in [6, 6.07) is 10.4. The monoisotopic (exact) mass is 518 g/mol. The second kappa shape index (κ2) is 12.1. The van der Waals surface area contributed by atoms with Gasteiger partial charge in [0.15, 0.2) is 5.13 Å². The van der Waals surface area contributed by atoms with E-state index in [1.54, 1.807) is 17.5 Å². The average molecular weight is 519 g/mol. The maximum atomic E-state index is 12.8. The van der Waals surface area contributed by atoms with E-state index in [0.29, 0.717) is 11.6 Å². The number of carbonyl (C=O) groups is 1. The minimum atomic E-state index is 0.0205. The zero-order valence-electron chi connectivity index (χ0n) is 21.7. The number of anilines is 1. The van der Waals surface area contributed by atoms with Crippen molar-refractivity contribution in [1.82, 2.24) is 25.2 Å². The molecule has 1 fully saturated rings. The van der Waals surface area contributed by atoms with E-state index in [1.165, 1.54) is 55.5 Å². The van der Waals surface area contributed by atoms with Crippen molar-refractivity contribution in [1.29, 1.82) is 0 Å². The van der Waals surface area contributed by atoms with Gasteiger partial charge in [-0.15, -0.1) is 11.3 Å². The lowest BCUT2D eigenvalue weighted by Crippen LogP contribution is -2.41. The third kappa shape index (κ3) is 6.54. The molecule has 1 saturated carbocycles. The molecule has 2 aliphatic rings. The molecule has 0 saturated heterocycles. The molecule has 1 amide bonds. The van der Waals surface area contributed by atoms with Crippen molar-refractivity contribution in [3.05, 3.63) is 59.0 Å². The quantitative estimate of drug-likeness (QED) is 0.408. The molecule has 3 N–H and O–H groups in total. The van der Waals surface area contributed by atoms with Gasteiger partial charge in [0.2, 0.25) is 0 Å². The van der Waals surface area contributed by atoms with Gasteiger partial charge in [0.1, 0.15) is 6.33 Å². The summed E-state index contributed by atoms with van der Waals surface area (Å²) in [6.45, 7) is 4.61. The van der Waals surface area contributed by atoms with E-state index in [2.05, 4.69) is 32.1 Å². The second-order valence-electron chi connectivity index (χ2n) is 10.5. The fraction of sp³-hybridized carbons (Fsp3) is 0.517. The molecule has 196 valence electrons. The number of nitrogen functional groups attached to an aromatic ring is 1. The summed E-state index contributed by atoms with van der Waals surface area (Å²) in [5, 5.41) is 3.99. The van der Waals surface area contributed by atoms with Crippen molar-refractivity contribution in [2.24, 2.45) is 5.92 Å². The number of thiazole rings is 1. The highest BCUT2D eigenvalue weighted by Gasteiger charge is 2.28. The van der Waals surface area contributed by atoms with Crippen molar-refractivity contribution in [3.8, 4) is 11.3 Å². The number of aryl methyl sites for hydroxylation is 1. The van der Waals surface area contributed by atoms with Crippen LogP contribution in [0.2, 0.25) is 0 Å². The molecule has 1 aromatic carbocycles. The van der Waals surface area contributed by atoms with Gasteiger partial charge in [0.25, 0.3) is 5.91 Å². The maximum absolute atomic E-state index is 12.8. The third-order valence-electron chi connectivity index (χ3n) is 7.99. The van der Waals surface area contributed by atoms with E-state index >= 15 is 0 Å². The lowest BCUT2D eigenvalue weighted by molar-refractivity contribution is 0.0918. The lowest BCUT2D eigenvalue weighted by Gasteiger charge is -2.36. The van der Waals surface area contributed by atoms with Crippen molar-refractivity contribution in [2.75, 3.05) is 18.8 Å². The number of nitrogens with two attached hydrogens (primary N) is 1. The predicted molar refractivity (Wildman–Crippen MR) is 150 cm³/mol. The summed E-state index contributed by atoms with van der Waals surface area (Å²) in [4.78, 5) is 29.7. The molecule has 0 radical (unpaired) electrons. The van der Waals surface area contributed by atoms with Crippen LogP contribution in [0.3, 0.4) is 0 Å². The Balaban J connectivity index is 1.07. The molecule has 37 heavy (non-hydrogen) atoms. The van der Waals surface area contributed by atoms with Crippen LogP contribution in [0, 0.1) is 5.92 Å². The normalized spacial score (nSPS) is 21.5. The number of carbonyl (C=O) groups excluding carboxylic acids is 1. The highest BCUT2D eigenvalue weighted by molar-refractivity contribution is 7.15. The predicted octanol–water partition coefficient (Wildman–Crippen LogP) is 5.13. The first-order valence-corrected chi connectivity index (χ1v) is 14.6. The van der Waals surface area contributed by atoms with Gasteiger partial charge in [-0.3, -0.25) is 4.79 Å². The molecular formula is C29H38N6OS. The molecule has 0 unspecified atom stereocenters. The summed E-state index contributed by atoms with van der Waals surface area (Å²) < 4.78 is 0. The molecule has 2 aliphatic carbocycles. The van der Waals surface area contributed by atoms with E-state index in [1.807, 2.05) is 30.3 Å². The number of hydrogen-bond acceptors (Lipinski definition) is 7. The third-order valence-corrected chi connectivity index (χ3v) is 8.94. The van der Waals surface area contributed by atoms with Gasteiger partial charge in [-0.05, 0) is 95.0 Å². The van der Waals surface area contributed by atoms with Crippen LogP contribution in [0.1, 0.15) is 72.8 Å². The van der Waals surface area contributed by atoms with Crippen LogP contribution >= 0.6 is 11.3 Å². The van der Waals surface area contributed by atoms with Crippen molar-refractivity contribution in [3.63, 3.8) is 0 Å². The summed E-state index contributed by atoms with van der Waals surface area (Å²) in [5.41, 5.74) is 9.74. The first-order valence-electron chi connectivity index (χ1n) is 13.7. The average Bonchev–Trinajstić information content (AvgIpc) is 3.31. The zero-order chi connectivity index (χ0) is 25.6. The molecule has 5 rings (SSSR count). The standard InChI is InChI=1S/C29H38N6OS/c1-2-16-35(24-11-12-26-27(18-24)37-29(30)34-26)17-14-20-3-9-23(10-4-20)33-28(36)22-7-5-21(6-8-22)25-13-15-31-19-32-25/h5-8,13,15,19-20,23-24H,2-4,9-12,14,16-18H2,1H3,(H2,30,34)(H,33,36)/t20?,23?,24-/m0/s1. The van der Waals surface area contributed by atoms with Crippen LogP contribution in [0.4, 0.5) is 5.13 Å². The van der Waals surface area contributed by atoms with Crippen molar-refractivity contribution >= 4 is 22.4 Å². The fourth-order valence-corrected chi connectivity index (χ4v) is 6.87. The van der Waals surface area contributed by atoms with Gasteiger partial charge in [0.05, 0.1) is 11.4 Å². The maximum Gasteiger partial charge on any atom is 0.251 e. The number of aromatic nitrogens is 3. The topological polar surface area (TPSA) is 97.0 Å². The van der Waals surface area contributed by atoms with Crippen LogP contribution in [0.15, 0.2) is 42.9 Å². The van der Waals surface area contributed by atoms with Gasteiger partial charge in [-0.25, -0.2) is 15.0 Å². The van der Waals surface area contributed by atoms with E-state index in [4.69, 9.17) is 5.73 Å². The number of amides is 1.